The Balaban J connectivity index is 1.51. The molecule has 32 heavy (non-hydrogen) atoms. The van der Waals surface area contributed by atoms with E-state index >= 15 is 0 Å². The van der Waals surface area contributed by atoms with E-state index in [0.29, 0.717) is 28.7 Å². The number of fused-ring (bicyclic) bond motifs is 1. The third-order valence-corrected chi connectivity index (χ3v) is 6.33. The molecule has 4 rings (SSSR count). The molecule has 2 N–H and O–H groups in total. The number of hydrogen-bond donors (Lipinski definition) is 2. The summed E-state index contributed by atoms with van der Waals surface area (Å²) in [6.07, 6.45) is 5.61. The Morgan fingerprint density at radius 3 is 2.66 bits per heavy atom. The molecule has 7 heteroatoms. The summed E-state index contributed by atoms with van der Waals surface area (Å²) in [6.45, 7) is 6.82. The zero-order valence-electron chi connectivity index (χ0n) is 18.7. The van der Waals surface area contributed by atoms with E-state index in [1.54, 1.807) is 12.1 Å². The van der Waals surface area contributed by atoms with Gasteiger partial charge in [0.1, 0.15) is 0 Å². The Morgan fingerprint density at radius 2 is 1.97 bits per heavy atom. The minimum absolute atomic E-state index is 0.0518. The Hall–Kier alpha value is -2.86. The van der Waals surface area contributed by atoms with Crippen molar-refractivity contribution in [3.05, 3.63) is 58.7 Å². The molecule has 0 bridgehead atoms. The molecule has 0 saturated heterocycles. The number of carbonyl (C=O) groups is 2. The number of amides is 2. The maximum absolute atomic E-state index is 13.1. The maximum atomic E-state index is 13.1. The highest BCUT2D eigenvalue weighted by molar-refractivity contribution is 6.34. The molecule has 3 aromatic rings. The average molecular weight is 453 g/mol. The SMILES string of the molecule is CC(C)(C)C(=O)NCc1ccc(Cl)c(C(=O)Nc2cccc3c2cnn3CC2CCC2)c1. The lowest BCUT2D eigenvalue weighted by atomic mass is 9.85. The van der Waals surface area contributed by atoms with Crippen molar-refractivity contribution < 1.29 is 9.59 Å². The van der Waals surface area contributed by atoms with Crippen LogP contribution in [0.25, 0.3) is 10.9 Å². The normalized spacial score (nSPS) is 14.2. The molecule has 0 aliphatic heterocycles. The van der Waals surface area contributed by atoms with Gasteiger partial charge in [0.05, 0.1) is 28.0 Å². The zero-order chi connectivity index (χ0) is 22.9. The second-order valence-electron chi connectivity index (χ2n) is 9.56. The lowest BCUT2D eigenvalue weighted by Gasteiger charge is -2.25. The van der Waals surface area contributed by atoms with Crippen LogP contribution in [0.5, 0.6) is 0 Å². The van der Waals surface area contributed by atoms with Crippen LogP contribution >= 0.6 is 11.6 Å². The van der Waals surface area contributed by atoms with E-state index in [2.05, 4.69) is 15.7 Å². The quantitative estimate of drug-likeness (QED) is 0.525. The molecule has 0 unspecified atom stereocenters. The number of anilines is 1. The van der Waals surface area contributed by atoms with Gasteiger partial charge in [-0.3, -0.25) is 14.3 Å². The number of carbonyl (C=O) groups excluding carboxylic acids is 2. The van der Waals surface area contributed by atoms with Crippen molar-refractivity contribution in [3.8, 4) is 0 Å². The molecule has 6 nitrogen and oxygen atoms in total. The van der Waals surface area contributed by atoms with Crippen molar-refractivity contribution in [1.82, 2.24) is 15.1 Å². The van der Waals surface area contributed by atoms with Crippen molar-refractivity contribution in [3.63, 3.8) is 0 Å². The Morgan fingerprint density at radius 1 is 1.19 bits per heavy atom. The molecule has 0 spiro atoms. The standard InChI is InChI=1S/C25H29ClN4O2/c1-25(2,3)24(32)27-13-17-10-11-20(26)18(12-17)23(31)29-21-8-5-9-22-19(21)14-28-30(22)15-16-6-4-7-16/h5,8-12,14,16H,4,6-7,13,15H2,1-3H3,(H,27,32)(H,29,31). The molecule has 2 amide bonds. The van der Waals surface area contributed by atoms with Gasteiger partial charge in [0.15, 0.2) is 0 Å². The minimum Gasteiger partial charge on any atom is -0.352 e. The van der Waals surface area contributed by atoms with Gasteiger partial charge in [0.2, 0.25) is 5.91 Å². The van der Waals surface area contributed by atoms with Gasteiger partial charge in [0, 0.05) is 23.9 Å². The lowest BCUT2D eigenvalue weighted by molar-refractivity contribution is -0.128. The second kappa shape index (κ2) is 8.94. The lowest BCUT2D eigenvalue weighted by Crippen LogP contribution is -2.34. The van der Waals surface area contributed by atoms with E-state index in [9.17, 15) is 9.59 Å². The Bertz CT molecular complexity index is 1160. The molecule has 1 fully saturated rings. The van der Waals surface area contributed by atoms with E-state index in [0.717, 1.165) is 23.0 Å². The fraction of sp³-hybridized carbons (Fsp3) is 0.400. The first-order chi connectivity index (χ1) is 15.2. The first kappa shape index (κ1) is 22.3. The summed E-state index contributed by atoms with van der Waals surface area (Å²) < 4.78 is 2.03. The summed E-state index contributed by atoms with van der Waals surface area (Å²) in [6, 6.07) is 11.1. The summed E-state index contributed by atoms with van der Waals surface area (Å²) in [5.74, 6) is 0.346. The predicted molar refractivity (Wildman–Crippen MR) is 128 cm³/mol. The summed E-state index contributed by atoms with van der Waals surface area (Å²) in [5, 5.41) is 11.7. The molecule has 168 valence electrons. The number of aromatic nitrogens is 2. The van der Waals surface area contributed by atoms with Crippen LogP contribution in [0.4, 0.5) is 5.69 Å². The number of hydrogen-bond acceptors (Lipinski definition) is 3. The third kappa shape index (κ3) is 4.80. The number of nitrogens with zero attached hydrogens (tertiary/aromatic N) is 2. The molecule has 1 aromatic heterocycles. The van der Waals surface area contributed by atoms with Crippen molar-refractivity contribution in [2.45, 2.75) is 53.1 Å². The van der Waals surface area contributed by atoms with Crippen molar-refractivity contribution in [2.24, 2.45) is 11.3 Å². The van der Waals surface area contributed by atoms with Gasteiger partial charge >= 0.3 is 0 Å². The van der Waals surface area contributed by atoms with E-state index < -0.39 is 5.41 Å². The van der Waals surface area contributed by atoms with Crippen molar-refractivity contribution >= 4 is 40.0 Å². The van der Waals surface area contributed by atoms with Gasteiger partial charge in [-0.15, -0.1) is 0 Å². The summed E-state index contributed by atoms with van der Waals surface area (Å²) in [5.41, 5.74) is 2.42. The van der Waals surface area contributed by atoms with E-state index in [1.807, 2.05) is 55.9 Å². The largest absolute Gasteiger partial charge is 0.352 e. The minimum atomic E-state index is -0.478. The topological polar surface area (TPSA) is 76.0 Å². The van der Waals surface area contributed by atoms with Gasteiger partial charge in [0.25, 0.3) is 5.91 Å². The van der Waals surface area contributed by atoms with E-state index in [4.69, 9.17) is 11.6 Å². The van der Waals surface area contributed by atoms with Crippen LogP contribution in [0.3, 0.4) is 0 Å². The van der Waals surface area contributed by atoms with Gasteiger partial charge in [-0.05, 0) is 48.6 Å². The van der Waals surface area contributed by atoms with Gasteiger partial charge < -0.3 is 10.6 Å². The molecular formula is C25H29ClN4O2. The van der Waals surface area contributed by atoms with Crippen LogP contribution in [0.15, 0.2) is 42.6 Å². The van der Waals surface area contributed by atoms with Gasteiger partial charge in [-0.25, -0.2) is 0 Å². The van der Waals surface area contributed by atoms with Crippen molar-refractivity contribution in [2.75, 3.05) is 5.32 Å². The number of nitrogens with one attached hydrogen (secondary N) is 2. The van der Waals surface area contributed by atoms with Gasteiger partial charge in [-0.2, -0.15) is 5.10 Å². The van der Waals surface area contributed by atoms with E-state index in [-0.39, 0.29) is 11.8 Å². The van der Waals surface area contributed by atoms with Gasteiger partial charge in [-0.1, -0.05) is 50.9 Å². The summed E-state index contributed by atoms with van der Waals surface area (Å²) in [7, 11) is 0. The summed E-state index contributed by atoms with van der Waals surface area (Å²) >= 11 is 6.33. The summed E-state index contributed by atoms with van der Waals surface area (Å²) in [4.78, 5) is 25.2. The smallest absolute Gasteiger partial charge is 0.257 e. The van der Waals surface area contributed by atoms with Crippen LogP contribution < -0.4 is 10.6 Å². The highest BCUT2D eigenvalue weighted by Gasteiger charge is 2.22. The number of benzene rings is 2. The molecule has 0 atom stereocenters. The average Bonchev–Trinajstić information content (AvgIpc) is 3.13. The monoisotopic (exact) mass is 452 g/mol. The molecular weight excluding hydrogens is 424 g/mol. The number of rotatable bonds is 6. The molecule has 2 aromatic carbocycles. The highest BCUT2D eigenvalue weighted by atomic mass is 35.5. The fourth-order valence-electron chi connectivity index (χ4n) is 3.77. The van der Waals surface area contributed by atoms with E-state index in [1.165, 1.54) is 19.3 Å². The maximum Gasteiger partial charge on any atom is 0.257 e. The Kier molecular flexibility index (Phi) is 6.24. The molecule has 1 aliphatic carbocycles. The second-order valence-corrected chi connectivity index (χ2v) is 9.97. The first-order valence-corrected chi connectivity index (χ1v) is 11.4. The zero-order valence-corrected chi connectivity index (χ0v) is 19.5. The van der Waals surface area contributed by atoms with Crippen LogP contribution in [0, 0.1) is 11.3 Å². The molecule has 1 aliphatic rings. The van der Waals surface area contributed by atoms with Crippen LogP contribution in [0.2, 0.25) is 5.02 Å². The molecule has 0 radical (unpaired) electrons. The Labute approximate surface area is 193 Å². The van der Waals surface area contributed by atoms with Crippen LogP contribution in [0.1, 0.15) is 56.0 Å². The molecule has 1 heterocycles. The van der Waals surface area contributed by atoms with Crippen LogP contribution in [-0.4, -0.2) is 21.6 Å². The third-order valence-electron chi connectivity index (χ3n) is 6.00. The first-order valence-electron chi connectivity index (χ1n) is 11.0. The molecule has 1 saturated carbocycles. The predicted octanol–water partition coefficient (Wildman–Crippen LogP) is 5.40. The fourth-order valence-corrected chi connectivity index (χ4v) is 3.97. The highest BCUT2D eigenvalue weighted by Crippen LogP contribution is 2.30. The van der Waals surface area contributed by atoms with Crippen LogP contribution in [-0.2, 0) is 17.9 Å². The van der Waals surface area contributed by atoms with Crippen molar-refractivity contribution in [1.29, 1.82) is 0 Å². The number of halogens is 1.